The van der Waals surface area contributed by atoms with Gasteiger partial charge in [-0.25, -0.2) is 8.42 Å². The molecule has 0 radical (unpaired) electrons. The lowest BCUT2D eigenvalue weighted by molar-refractivity contribution is -0.128. The third kappa shape index (κ3) is 5.85. The molecule has 0 unspecified atom stereocenters. The molecule has 1 aliphatic heterocycles. The van der Waals surface area contributed by atoms with Crippen molar-refractivity contribution in [2.24, 2.45) is 0 Å². The molecule has 1 saturated heterocycles. The van der Waals surface area contributed by atoms with E-state index in [9.17, 15) is 18.0 Å². The molecule has 0 saturated carbocycles. The van der Waals surface area contributed by atoms with E-state index >= 15 is 0 Å². The van der Waals surface area contributed by atoms with Crippen LogP contribution in [0.3, 0.4) is 0 Å². The Labute approximate surface area is 211 Å². The molecule has 0 aliphatic carbocycles. The fourth-order valence-electron chi connectivity index (χ4n) is 4.12. The van der Waals surface area contributed by atoms with Crippen LogP contribution in [-0.2, 0) is 32.7 Å². The Morgan fingerprint density at radius 3 is 2.28 bits per heavy atom. The number of sulfonamides is 1. The van der Waals surface area contributed by atoms with Gasteiger partial charge >= 0.3 is 0 Å². The predicted octanol–water partition coefficient (Wildman–Crippen LogP) is 3.33. The highest BCUT2D eigenvalue weighted by atomic mass is 32.2. The normalized spacial score (nSPS) is 13.5. The van der Waals surface area contributed by atoms with Crippen molar-refractivity contribution in [1.29, 1.82) is 0 Å². The summed E-state index contributed by atoms with van der Waals surface area (Å²) in [5.74, 6) is 0.265. The number of likely N-dealkylation sites (tertiary alicyclic amines) is 1. The van der Waals surface area contributed by atoms with Crippen molar-refractivity contribution in [2.75, 3.05) is 24.5 Å². The van der Waals surface area contributed by atoms with Crippen LogP contribution in [0.5, 0.6) is 5.75 Å². The summed E-state index contributed by atoms with van der Waals surface area (Å²) in [6.45, 7) is 1.05. The first kappa shape index (κ1) is 25.2. The minimum atomic E-state index is -3.99. The molecule has 1 heterocycles. The molecule has 4 rings (SSSR count). The number of hydrogen-bond donors (Lipinski definition) is 1. The Kier molecular flexibility index (Phi) is 7.90. The fourth-order valence-corrected chi connectivity index (χ4v) is 5.57. The standard InChI is InChI=1S/C27H29N3O5S/c1-35-24-15-13-23(14-16-24)30(36(33,34)25-10-3-2-4-11-25)20-26(31)28-18-21-8-5-6-9-22(21)19-29-17-7-12-27(29)32/h2-6,8-11,13-16H,7,12,17-20H2,1H3,(H,28,31). The van der Waals surface area contributed by atoms with Crippen LogP contribution in [0.25, 0.3) is 0 Å². The van der Waals surface area contributed by atoms with Gasteiger partial charge in [0.25, 0.3) is 10.0 Å². The van der Waals surface area contributed by atoms with Gasteiger partial charge in [0.1, 0.15) is 12.3 Å². The lowest BCUT2D eigenvalue weighted by Crippen LogP contribution is -2.40. The van der Waals surface area contributed by atoms with E-state index in [0.29, 0.717) is 24.4 Å². The van der Waals surface area contributed by atoms with Crippen molar-refractivity contribution in [2.45, 2.75) is 30.8 Å². The van der Waals surface area contributed by atoms with E-state index in [1.807, 2.05) is 29.2 Å². The van der Waals surface area contributed by atoms with Gasteiger partial charge in [-0.3, -0.25) is 13.9 Å². The molecule has 9 heteroatoms. The number of nitrogens with one attached hydrogen (secondary N) is 1. The van der Waals surface area contributed by atoms with Gasteiger partial charge in [-0.1, -0.05) is 42.5 Å². The molecule has 188 valence electrons. The average Bonchev–Trinajstić information content (AvgIpc) is 3.31. The van der Waals surface area contributed by atoms with Crippen molar-refractivity contribution >= 4 is 27.5 Å². The van der Waals surface area contributed by atoms with Crippen LogP contribution in [0.1, 0.15) is 24.0 Å². The third-order valence-corrected chi connectivity index (χ3v) is 7.89. The Hall–Kier alpha value is -3.85. The van der Waals surface area contributed by atoms with Crippen molar-refractivity contribution in [1.82, 2.24) is 10.2 Å². The second-order valence-corrected chi connectivity index (χ2v) is 10.3. The monoisotopic (exact) mass is 507 g/mol. The van der Waals surface area contributed by atoms with E-state index in [1.54, 1.807) is 42.5 Å². The zero-order valence-electron chi connectivity index (χ0n) is 20.1. The SMILES string of the molecule is COc1ccc(N(CC(=O)NCc2ccccc2CN2CCCC2=O)S(=O)(=O)c2ccccc2)cc1. The Bertz CT molecular complexity index is 1310. The molecule has 8 nitrogen and oxygen atoms in total. The maximum Gasteiger partial charge on any atom is 0.264 e. The molecule has 0 aromatic heterocycles. The van der Waals surface area contributed by atoms with Crippen LogP contribution in [0.4, 0.5) is 5.69 Å². The van der Waals surface area contributed by atoms with Crippen molar-refractivity contribution < 1.29 is 22.7 Å². The van der Waals surface area contributed by atoms with Crippen molar-refractivity contribution in [3.8, 4) is 5.75 Å². The van der Waals surface area contributed by atoms with Gasteiger partial charge in [0.2, 0.25) is 11.8 Å². The lowest BCUT2D eigenvalue weighted by Gasteiger charge is -2.24. The number of benzene rings is 3. The maximum absolute atomic E-state index is 13.5. The van der Waals surface area contributed by atoms with Crippen molar-refractivity contribution in [3.05, 3.63) is 90.0 Å². The average molecular weight is 508 g/mol. The largest absolute Gasteiger partial charge is 0.497 e. The first-order valence-corrected chi connectivity index (χ1v) is 13.2. The summed E-state index contributed by atoms with van der Waals surface area (Å²) in [6.07, 6.45) is 1.42. The first-order chi connectivity index (χ1) is 17.4. The number of hydrogen-bond acceptors (Lipinski definition) is 5. The highest BCUT2D eigenvalue weighted by Crippen LogP contribution is 2.25. The van der Waals surface area contributed by atoms with Gasteiger partial charge in [0.05, 0.1) is 17.7 Å². The first-order valence-electron chi connectivity index (χ1n) is 11.7. The maximum atomic E-state index is 13.5. The highest BCUT2D eigenvalue weighted by Gasteiger charge is 2.27. The predicted molar refractivity (Wildman–Crippen MR) is 137 cm³/mol. The van der Waals surface area contributed by atoms with Gasteiger partial charge in [0.15, 0.2) is 0 Å². The summed E-state index contributed by atoms with van der Waals surface area (Å²) in [6, 6.07) is 22.1. The number of anilines is 1. The zero-order valence-corrected chi connectivity index (χ0v) is 20.9. The van der Waals surface area contributed by atoms with E-state index in [-0.39, 0.29) is 17.3 Å². The number of ether oxygens (including phenoxy) is 1. The number of methoxy groups -OCH3 is 1. The molecular weight excluding hydrogens is 478 g/mol. The molecule has 3 aromatic carbocycles. The number of carbonyl (C=O) groups is 2. The second-order valence-electron chi connectivity index (χ2n) is 8.49. The van der Waals surface area contributed by atoms with E-state index in [4.69, 9.17) is 4.74 Å². The van der Waals surface area contributed by atoms with Gasteiger partial charge in [0, 0.05) is 26.1 Å². The summed E-state index contributed by atoms with van der Waals surface area (Å²) < 4.78 is 33.2. The quantitative estimate of drug-likeness (QED) is 0.454. The smallest absolute Gasteiger partial charge is 0.264 e. The molecule has 1 fully saturated rings. The molecule has 0 bridgehead atoms. The van der Waals surface area contributed by atoms with Gasteiger partial charge in [-0.05, 0) is 53.9 Å². The molecule has 36 heavy (non-hydrogen) atoms. The van der Waals surface area contributed by atoms with Gasteiger partial charge < -0.3 is 15.0 Å². The van der Waals surface area contributed by atoms with Crippen LogP contribution >= 0.6 is 0 Å². The summed E-state index contributed by atoms with van der Waals surface area (Å²) in [5.41, 5.74) is 2.19. The fraction of sp³-hybridized carbons (Fsp3) is 0.259. The topological polar surface area (TPSA) is 96.0 Å². The summed E-state index contributed by atoms with van der Waals surface area (Å²) in [7, 11) is -2.47. The van der Waals surface area contributed by atoms with Gasteiger partial charge in [-0.15, -0.1) is 0 Å². The lowest BCUT2D eigenvalue weighted by atomic mass is 10.1. The summed E-state index contributed by atoms with van der Waals surface area (Å²) >= 11 is 0. The zero-order chi connectivity index (χ0) is 25.5. The number of carbonyl (C=O) groups excluding carboxylic acids is 2. The molecule has 1 aliphatic rings. The third-order valence-electron chi connectivity index (χ3n) is 6.11. The number of amides is 2. The minimum Gasteiger partial charge on any atom is -0.497 e. The van der Waals surface area contributed by atoms with E-state index in [2.05, 4.69) is 5.32 Å². The van der Waals surface area contributed by atoms with E-state index < -0.39 is 22.5 Å². The second kappa shape index (κ2) is 11.3. The minimum absolute atomic E-state index is 0.0919. The Morgan fingerprint density at radius 1 is 0.972 bits per heavy atom. The molecular formula is C27H29N3O5S. The van der Waals surface area contributed by atoms with E-state index in [1.165, 1.54) is 19.2 Å². The van der Waals surface area contributed by atoms with Crippen molar-refractivity contribution in [3.63, 3.8) is 0 Å². The van der Waals surface area contributed by atoms with Crippen LogP contribution < -0.4 is 14.4 Å². The summed E-state index contributed by atoms with van der Waals surface area (Å²) in [4.78, 5) is 27.0. The number of rotatable bonds is 10. The summed E-state index contributed by atoms with van der Waals surface area (Å²) in [5, 5.41) is 2.85. The molecule has 1 N–H and O–H groups in total. The van der Waals surface area contributed by atoms with Gasteiger partial charge in [-0.2, -0.15) is 0 Å². The van der Waals surface area contributed by atoms with Crippen LogP contribution in [0.2, 0.25) is 0 Å². The molecule has 3 aromatic rings. The Morgan fingerprint density at radius 2 is 1.64 bits per heavy atom. The highest BCUT2D eigenvalue weighted by molar-refractivity contribution is 7.92. The molecule has 0 spiro atoms. The van der Waals surface area contributed by atoms with Crippen LogP contribution in [0, 0.1) is 0 Å². The van der Waals surface area contributed by atoms with Crippen LogP contribution in [-0.4, -0.2) is 45.3 Å². The van der Waals surface area contributed by atoms with E-state index in [0.717, 1.165) is 28.4 Å². The Balaban J connectivity index is 1.51. The molecule has 0 atom stereocenters. The molecule has 2 amide bonds. The van der Waals surface area contributed by atoms with Crippen LogP contribution in [0.15, 0.2) is 83.8 Å². The number of nitrogens with zero attached hydrogens (tertiary/aromatic N) is 2.